The predicted octanol–water partition coefficient (Wildman–Crippen LogP) is 1.25. The molecule has 0 aliphatic carbocycles. The molecule has 1 aliphatic heterocycles. The standard InChI is InChI=1S/C12H19N4O/c1-11(2)7-17-8-12(3,4)16(11)10-6-5-9(13)14-15-10/h6H,7-8H2,1-4H3,(H2,13,14). The minimum atomic E-state index is -0.125. The average Bonchev–Trinajstić information content (AvgIpc) is 2.18. The van der Waals surface area contributed by atoms with Crippen molar-refractivity contribution in [3.05, 3.63) is 12.1 Å². The largest absolute Gasteiger partial charge is 0.382 e. The maximum absolute atomic E-state index is 5.65. The van der Waals surface area contributed by atoms with Crippen molar-refractivity contribution in [2.24, 2.45) is 0 Å². The van der Waals surface area contributed by atoms with Crippen LogP contribution in [0, 0.1) is 6.07 Å². The summed E-state index contributed by atoms with van der Waals surface area (Å²) in [5, 5.41) is 8.03. The Balaban J connectivity index is 2.41. The van der Waals surface area contributed by atoms with Gasteiger partial charge in [-0.1, -0.05) is 0 Å². The summed E-state index contributed by atoms with van der Waals surface area (Å²) in [6, 6.07) is 4.68. The van der Waals surface area contributed by atoms with Gasteiger partial charge in [-0.25, -0.2) is 0 Å². The molecule has 1 fully saturated rings. The summed E-state index contributed by atoms with van der Waals surface area (Å²) in [7, 11) is 0. The summed E-state index contributed by atoms with van der Waals surface area (Å²) in [6.07, 6.45) is 0. The van der Waals surface area contributed by atoms with Crippen LogP contribution in [0.25, 0.3) is 0 Å². The minimum Gasteiger partial charge on any atom is -0.382 e. The molecule has 0 spiro atoms. The van der Waals surface area contributed by atoms with Crippen LogP contribution in [0.2, 0.25) is 0 Å². The predicted molar refractivity (Wildman–Crippen MR) is 66.7 cm³/mol. The smallest absolute Gasteiger partial charge is 0.154 e. The second kappa shape index (κ2) is 3.84. The van der Waals surface area contributed by atoms with Gasteiger partial charge in [-0.15, -0.1) is 10.2 Å². The number of hydrogen-bond acceptors (Lipinski definition) is 5. The van der Waals surface area contributed by atoms with Gasteiger partial charge in [0.1, 0.15) is 0 Å². The molecular weight excluding hydrogens is 216 g/mol. The molecule has 5 nitrogen and oxygen atoms in total. The Bertz CT molecular complexity index is 383. The lowest BCUT2D eigenvalue weighted by molar-refractivity contribution is 0.00959. The van der Waals surface area contributed by atoms with Gasteiger partial charge in [-0.2, -0.15) is 0 Å². The molecule has 1 aliphatic rings. The van der Waals surface area contributed by atoms with Crippen molar-refractivity contribution in [3.8, 4) is 0 Å². The second-order valence-corrected chi connectivity index (χ2v) is 5.69. The van der Waals surface area contributed by atoms with Gasteiger partial charge in [0.2, 0.25) is 0 Å². The summed E-state index contributed by atoms with van der Waals surface area (Å²) in [5.74, 6) is 1.11. The topological polar surface area (TPSA) is 64.3 Å². The van der Waals surface area contributed by atoms with Gasteiger partial charge in [0.15, 0.2) is 11.6 Å². The van der Waals surface area contributed by atoms with Crippen LogP contribution >= 0.6 is 0 Å². The van der Waals surface area contributed by atoms with Crippen molar-refractivity contribution >= 4 is 11.6 Å². The first-order valence-corrected chi connectivity index (χ1v) is 5.72. The van der Waals surface area contributed by atoms with Gasteiger partial charge in [0.25, 0.3) is 0 Å². The van der Waals surface area contributed by atoms with Crippen LogP contribution in [-0.2, 0) is 4.74 Å². The van der Waals surface area contributed by atoms with E-state index in [1.54, 1.807) is 6.07 Å². The van der Waals surface area contributed by atoms with Crippen LogP contribution in [-0.4, -0.2) is 34.5 Å². The van der Waals surface area contributed by atoms with E-state index in [0.29, 0.717) is 19.0 Å². The highest BCUT2D eigenvalue weighted by Crippen LogP contribution is 2.34. The van der Waals surface area contributed by atoms with Gasteiger partial charge >= 0.3 is 0 Å². The summed E-state index contributed by atoms with van der Waals surface area (Å²) in [4.78, 5) is 2.23. The fourth-order valence-electron chi connectivity index (χ4n) is 2.53. The molecule has 1 aromatic heterocycles. The van der Waals surface area contributed by atoms with Crippen LogP contribution in [0.5, 0.6) is 0 Å². The van der Waals surface area contributed by atoms with E-state index in [9.17, 15) is 0 Å². The van der Waals surface area contributed by atoms with Gasteiger partial charge in [-0.3, -0.25) is 0 Å². The molecule has 1 aromatic rings. The van der Waals surface area contributed by atoms with Crippen LogP contribution in [0.15, 0.2) is 6.07 Å². The molecule has 2 N–H and O–H groups in total. The fraction of sp³-hybridized carbons (Fsp3) is 0.667. The average molecular weight is 235 g/mol. The quantitative estimate of drug-likeness (QED) is 0.793. The number of aromatic nitrogens is 2. The normalized spacial score (nSPS) is 22.5. The minimum absolute atomic E-state index is 0.125. The molecule has 93 valence electrons. The van der Waals surface area contributed by atoms with E-state index in [-0.39, 0.29) is 11.1 Å². The number of nitrogens with zero attached hydrogens (tertiary/aromatic N) is 3. The van der Waals surface area contributed by atoms with E-state index in [1.807, 2.05) is 0 Å². The van der Waals surface area contributed by atoms with E-state index in [0.717, 1.165) is 5.82 Å². The third kappa shape index (κ3) is 2.20. The van der Waals surface area contributed by atoms with Gasteiger partial charge in [-0.05, 0) is 33.8 Å². The molecule has 0 unspecified atom stereocenters. The summed E-state index contributed by atoms with van der Waals surface area (Å²) >= 11 is 0. The van der Waals surface area contributed by atoms with Crippen molar-refractivity contribution in [1.82, 2.24) is 10.2 Å². The third-order valence-electron chi connectivity index (χ3n) is 2.96. The molecule has 2 heterocycles. The Labute approximate surface area is 102 Å². The van der Waals surface area contributed by atoms with E-state index >= 15 is 0 Å². The Morgan fingerprint density at radius 2 is 1.82 bits per heavy atom. The number of hydrogen-bond donors (Lipinski definition) is 1. The van der Waals surface area contributed by atoms with Crippen LogP contribution in [0.1, 0.15) is 27.7 Å². The molecule has 0 atom stereocenters. The van der Waals surface area contributed by atoms with Crippen molar-refractivity contribution < 1.29 is 4.74 Å². The number of nitrogens with two attached hydrogens (primary N) is 1. The van der Waals surface area contributed by atoms with E-state index in [4.69, 9.17) is 10.5 Å². The number of ether oxygens (including phenoxy) is 1. The first-order chi connectivity index (χ1) is 7.83. The molecule has 1 radical (unpaired) electrons. The van der Waals surface area contributed by atoms with Crippen molar-refractivity contribution in [2.45, 2.75) is 38.8 Å². The van der Waals surface area contributed by atoms with Gasteiger partial charge in [0, 0.05) is 6.07 Å². The third-order valence-corrected chi connectivity index (χ3v) is 2.96. The lowest BCUT2D eigenvalue weighted by Gasteiger charge is -2.52. The highest BCUT2D eigenvalue weighted by molar-refractivity contribution is 5.46. The zero-order chi connectivity index (χ0) is 12.7. The molecule has 2 rings (SSSR count). The molecule has 0 aromatic carbocycles. The molecule has 5 heteroatoms. The van der Waals surface area contributed by atoms with Gasteiger partial charge < -0.3 is 15.4 Å². The van der Waals surface area contributed by atoms with Crippen molar-refractivity contribution in [2.75, 3.05) is 23.8 Å². The van der Waals surface area contributed by atoms with Crippen LogP contribution < -0.4 is 10.6 Å². The molecule has 0 bridgehead atoms. The monoisotopic (exact) mass is 235 g/mol. The first kappa shape index (κ1) is 12.1. The lowest BCUT2D eigenvalue weighted by Crippen LogP contribution is -2.64. The highest BCUT2D eigenvalue weighted by Gasteiger charge is 2.43. The van der Waals surface area contributed by atoms with Crippen molar-refractivity contribution in [3.63, 3.8) is 0 Å². The molecular formula is C12H19N4O. The van der Waals surface area contributed by atoms with E-state index in [2.05, 4.69) is 48.9 Å². The Morgan fingerprint density at radius 1 is 1.24 bits per heavy atom. The highest BCUT2D eigenvalue weighted by atomic mass is 16.5. The van der Waals surface area contributed by atoms with Gasteiger partial charge in [0.05, 0.1) is 24.3 Å². The number of rotatable bonds is 1. The number of morpholine rings is 1. The number of nitrogen functional groups attached to an aromatic ring is 1. The zero-order valence-corrected chi connectivity index (χ0v) is 10.8. The molecule has 0 amide bonds. The van der Waals surface area contributed by atoms with Crippen LogP contribution in [0.4, 0.5) is 11.6 Å². The maximum atomic E-state index is 5.65. The zero-order valence-electron chi connectivity index (χ0n) is 10.8. The molecule has 1 saturated heterocycles. The summed E-state index contributed by atoms with van der Waals surface area (Å²) in [5.41, 5.74) is 5.27. The van der Waals surface area contributed by atoms with E-state index in [1.165, 1.54) is 0 Å². The Kier molecular flexibility index (Phi) is 2.73. The van der Waals surface area contributed by atoms with Crippen LogP contribution in [0.3, 0.4) is 0 Å². The fourth-order valence-corrected chi connectivity index (χ4v) is 2.53. The SMILES string of the molecule is CC1(C)COCC(C)(C)N1c1c[c]c(N)nn1. The second-order valence-electron chi connectivity index (χ2n) is 5.69. The Morgan fingerprint density at radius 3 is 2.29 bits per heavy atom. The molecule has 0 saturated carbocycles. The van der Waals surface area contributed by atoms with Crippen molar-refractivity contribution in [1.29, 1.82) is 0 Å². The lowest BCUT2D eigenvalue weighted by atomic mass is 9.91. The maximum Gasteiger partial charge on any atom is 0.154 e. The van der Waals surface area contributed by atoms with E-state index < -0.39 is 0 Å². The summed E-state index contributed by atoms with van der Waals surface area (Å²) in [6.45, 7) is 9.86. The molecule has 17 heavy (non-hydrogen) atoms. The first-order valence-electron chi connectivity index (χ1n) is 5.72. The summed E-state index contributed by atoms with van der Waals surface area (Å²) < 4.78 is 5.65. The number of anilines is 2. The Hall–Kier alpha value is -1.36.